The van der Waals surface area contributed by atoms with Gasteiger partial charge in [-0.25, -0.2) is 33.6 Å². The first kappa shape index (κ1) is 66.6. The minimum absolute atomic E-state index is 0.0469. The van der Waals surface area contributed by atoms with Crippen LogP contribution in [-0.2, 0) is 18.9 Å². The van der Waals surface area contributed by atoms with Crippen molar-refractivity contribution in [1.82, 2.24) is 78.5 Å². The Morgan fingerprint density at radius 3 is 1.53 bits per heavy atom. The Morgan fingerprint density at radius 1 is 0.640 bits per heavy atom. The molecule has 6 aliphatic rings. The monoisotopic (exact) mass is 1400 g/mol. The molecule has 4 saturated heterocycles. The number of likely N-dealkylation sites (tertiary alicyclic amines) is 2. The molecule has 2 amide bonds. The Bertz CT molecular complexity index is 4770. The Morgan fingerprint density at radius 2 is 1.12 bits per heavy atom. The Kier molecular flexibility index (Phi) is 17.4. The normalized spacial score (nSPS) is 19.5. The van der Waals surface area contributed by atoms with Gasteiger partial charge in [-0.05, 0) is 172 Å². The van der Waals surface area contributed by atoms with Crippen molar-refractivity contribution >= 4 is 68.8 Å². The second-order valence-electron chi connectivity index (χ2n) is 29.1. The van der Waals surface area contributed by atoms with Crippen LogP contribution < -0.4 is 5.73 Å². The predicted molar refractivity (Wildman–Crippen MR) is 377 cm³/mol. The third kappa shape index (κ3) is 12.2. The van der Waals surface area contributed by atoms with Gasteiger partial charge in [-0.15, -0.1) is 9.78 Å². The molecule has 6 fully saturated rings. The van der Waals surface area contributed by atoms with Crippen molar-refractivity contribution < 1.29 is 33.5 Å². The molecule has 522 valence electrons. The summed E-state index contributed by atoms with van der Waals surface area (Å²) in [5.41, 5.74) is 18.1. The van der Waals surface area contributed by atoms with Gasteiger partial charge in [-0.2, -0.15) is 20.4 Å². The van der Waals surface area contributed by atoms with E-state index >= 15 is 0 Å². The summed E-state index contributed by atoms with van der Waals surface area (Å²) in [6.45, 7) is 20.7. The summed E-state index contributed by atoms with van der Waals surface area (Å²) in [4.78, 5) is 48.9. The molecule has 10 aromatic rings. The molecular weight excluding hydrogens is 1320 g/mol. The molecule has 12 heterocycles. The number of nitrogen functional groups attached to an aromatic ring is 1. The summed E-state index contributed by atoms with van der Waals surface area (Å²) in [7, 11) is 0. The average molecular weight is 1400 g/mol. The summed E-state index contributed by atoms with van der Waals surface area (Å²) in [5, 5.41) is 43.0. The molecule has 8 aromatic heterocycles. The second-order valence-corrected chi connectivity index (χ2v) is 29.9. The summed E-state index contributed by atoms with van der Waals surface area (Å²) in [6, 6.07) is 15.2. The number of pyridine rings is 2. The Hall–Kier alpha value is -9.24. The number of carbonyl (C=O) groups is 2. The zero-order chi connectivity index (χ0) is 69.7. The number of hydrogen-bond acceptors (Lipinski definition) is 17. The van der Waals surface area contributed by atoms with Gasteiger partial charge in [0.05, 0.1) is 69.5 Å². The molecule has 16 rings (SSSR count). The molecule has 100 heavy (non-hydrogen) atoms. The number of nitrogens with zero attached hydrogens (tertiary/aromatic N) is 17. The van der Waals surface area contributed by atoms with E-state index in [1.807, 2.05) is 85.7 Å². The lowest BCUT2D eigenvalue weighted by atomic mass is 9.60. The van der Waals surface area contributed by atoms with Crippen LogP contribution in [-0.4, -0.2) is 147 Å². The van der Waals surface area contributed by atoms with Crippen LogP contribution >= 0.6 is 23.2 Å². The van der Waals surface area contributed by atoms with E-state index in [4.69, 9.17) is 73.3 Å². The van der Waals surface area contributed by atoms with Crippen LogP contribution in [0.5, 0.6) is 0 Å². The minimum Gasteiger partial charge on any atom is -0.449 e. The third-order valence-corrected chi connectivity index (χ3v) is 21.7. The van der Waals surface area contributed by atoms with Crippen LogP contribution in [0.4, 0.5) is 21.2 Å². The molecule has 2 aromatic carbocycles. The number of hydrogen-bond donors (Lipinski definition) is 1. The van der Waals surface area contributed by atoms with Gasteiger partial charge in [0.15, 0.2) is 24.1 Å². The maximum Gasteiger partial charge on any atom is 0.410 e. The highest BCUT2D eigenvalue weighted by atomic mass is 35.5. The average Bonchev–Trinajstić information content (AvgIpc) is 1.54. The number of fused-ring (bicyclic) bond motifs is 2. The number of nitrogens with two attached hydrogens (primary N) is 1. The van der Waals surface area contributed by atoms with E-state index in [9.17, 15) is 19.7 Å². The van der Waals surface area contributed by atoms with Crippen LogP contribution in [0.1, 0.15) is 152 Å². The van der Waals surface area contributed by atoms with E-state index in [0.717, 1.165) is 186 Å². The molecule has 2 atom stereocenters. The number of aromatic nitrogens is 14. The topological polar surface area (TPSA) is 279 Å². The predicted octanol–water partition coefficient (Wildman–Crippen LogP) is 14.9. The van der Waals surface area contributed by atoms with Crippen molar-refractivity contribution in [3.63, 3.8) is 0 Å². The highest BCUT2D eigenvalue weighted by molar-refractivity contribution is 6.37. The lowest BCUT2D eigenvalue weighted by molar-refractivity contribution is -0.389. The molecule has 2 unspecified atom stereocenters. The molecule has 2 aliphatic carbocycles. The molecule has 0 bridgehead atoms. The zero-order valence-electron chi connectivity index (χ0n) is 57.5. The Balaban J connectivity index is 0.000000163. The van der Waals surface area contributed by atoms with Crippen LogP contribution in [0.2, 0.25) is 10.0 Å². The van der Waals surface area contributed by atoms with E-state index in [1.54, 1.807) is 34.1 Å². The molecule has 0 radical (unpaired) electrons. The quantitative estimate of drug-likeness (QED) is 0.0601. The highest BCUT2D eigenvalue weighted by Gasteiger charge is 2.57. The van der Waals surface area contributed by atoms with Crippen LogP contribution in [0.15, 0.2) is 85.7 Å². The van der Waals surface area contributed by atoms with Crippen molar-refractivity contribution in [3.8, 4) is 56.4 Å². The Labute approximate surface area is 587 Å². The SMILES string of the molecule is CCCCOC(=O)N1CC2(CC(n3nc(-c4ccc(-n5ccc(N)n5)nc4)c(-c4c(Cl)c(C)cc5c4cnn5C4CCCCO4)c3C)C2)C1.Cc1cc2c(cnn2C2CCCCO2)c(-c2c(-c3ccc(-n4ccc([N+](=O)[O-])n4)nc3)nn(C3CC4(C3)CN(C(=O)OC(C)(C)C)C4)c2C)c1Cl. The van der Waals surface area contributed by atoms with Gasteiger partial charge in [0.1, 0.15) is 22.8 Å². The maximum atomic E-state index is 12.7. The fraction of sp³-hybridized carbons (Fsp3) is 0.472. The number of anilines is 1. The van der Waals surface area contributed by atoms with Gasteiger partial charge in [-0.1, -0.05) is 36.5 Å². The largest absolute Gasteiger partial charge is 0.449 e. The van der Waals surface area contributed by atoms with Gasteiger partial charge in [-0.3, -0.25) is 9.36 Å². The van der Waals surface area contributed by atoms with Crippen LogP contribution in [0.3, 0.4) is 0 Å². The standard InChI is InChI=1S/C36H40ClN9O5.C36H42ClN9O3/c1-21-14-26-25(18-39-45(26)29-8-6-7-13-50-29)31(32(21)37)30-22(2)44(24-15-36(16-24)19-42(20-36)34(47)51-35(3,4)5)41-33(30)23-9-10-27(38-17-23)43-12-11-28(40-43)46(48)49;1-4-5-13-49-35(47)43-20-36(21-43)16-25(17-36)45-23(3)31(34(42-45)24-9-10-29(39-18-24)44-12-11-28(38)41-44)32-26-19-40-46(30-8-6-7-14-48-30)27(26)15-22(2)33(32)37/h9-12,14,17-18,24,29H,6-8,13,15-16,19-20H2,1-5H3;9-12,15,18-19,25,30H,4-8,13-14,16-17,20-21H2,1-3H3,(H2,38,41). The number of nitro groups is 1. The summed E-state index contributed by atoms with van der Waals surface area (Å²) in [5.74, 6) is 1.27. The van der Waals surface area contributed by atoms with E-state index < -0.39 is 10.5 Å². The van der Waals surface area contributed by atoms with E-state index in [-0.39, 0.29) is 53.4 Å². The third-order valence-electron chi connectivity index (χ3n) is 20.7. The second kappa shape index (κ2) is 26.1. The van der Waals surface area contributed by atoms with Crippen molar-refractivity contribution in [2.45, 2.75) is 163 Å². The van der Waals surface area contributed by atoms with E-state index in [2.05, 4.69) is 57.4 Å². The summed E-state index contributed by atoms with van der Waals surface area (Å²) >= 11 is 14.5. The minimum atomic E-state index is -0.537. The van der Waals surface area contributed by atoms with Gasteiger partial charge >= 0.3 is 18.0 Å². The van der Waals surface area contributed by atoms with Crippen LogP contribution in [0.25, 0.3) is 78.2 Å². The van der Waals surface area contributed by atoms with Gasteiger partial charge in [0.2, 0.25) is 0 Å². The molecule has 2 spiro atoms. The molecule has 28 heteroatoms. The first-order chi connectivity index (χ1) is 48.1. The van der Waals surface area contributed by atoms with E-state index in [0.29, 0.717) is 53.8 Å². The molecular formula is C72H82Cl2N18O8. The van der Waals surface area contributed by atoms with Crippen molar-refractivity contribution in [2.75, 3.05) is 51.7 Å². The van der Waals surface area contributed by atoms with Gasteiger partial charge < -0.3 is 44.6 Å². The highest BCUT2D eigenvalue weighted by Crippen LogP contribution is 2.58. The molecule has 2 N–H and O–H groups in total. The molecule has 4 aliphatic heterocycles. The summed E-state index contributed by atoms with van der Waals surface area (Å²) in [6.07, 6.45) is 21.6. The first-order valence-corrected chi connectivity index (χ1v) is 35.4. The fourth-order valence-corrected chi connectivity index (χ4v) is 16.2. The molecule has 2 saturated carbocycles. The number of ether oxygens (including phenoxy) is 4. The number of carbonyl (C=O) groups excluding carboxylic acids is 2. The zero-order valence-corrected chi connectivity index (χ0v) is 59.0. The van der Waals surface area contributed by atoms with E-state index in [1.165, 1.54) is 16.9 Å². The fourth-order valence-electron chi connectivity index (χ4n) is 15.7. The maximum absolute atomic E-state index is 12.7. The number of aryl methyl sites for hydroxylation is 2. The number of halogens is 2. The molecule has 26 nitrogen and oxygen atoms in total. The lowest BCUT2D eigenvalue weighted by Gasteiger charge is -2.58. The number of benzene rings is 2. The smallest absolute Gasteiger partial charge is 0.410 e. The van der Waals surface area contributed by atoms with Crippen molar-refractivity contribution in [2.24, 2.45) is 10.8 Å². The number of rotatable bonds is 14. The number of unbranched alkanes of at least 4 members (excludes halogenated alkanes) is 1. The lowest BCUT2D eigenvalue weighted by Crippen LogP contribution is -2.64. The van der Waals surface area contributed by atoms with Crippen molar-refractivity contribution in [3.05, 3.63) is 128 Å². The van der Waals surface area contributed by atoms with Crippen LogP contribution in [0, 0.1) is 48.6 Å². The van der Waals surface area contributed by atoms with Crippen molar-refractivity contribution in [1.29, 1.82) is 0 Å². The first-order valence-electron chi connectivity index (χ1n) is 34.7. The number of amides is 2. The van der Waals surface area contributed by atoms with Gasteiger partial charge in [0.25, 0.3) is 0 Å². The van der Waals surface area contributed by atoms with Gasteiger partial charge in [0, 0.05) is 130 Å². The summed E-state index contributed by atoms with van der Waals surface area (Å²) < 4.78 is 34.6.